The minimum absolute atomic E-state index is 0. The normalized spacial score (nSPS) is 13.4. The highest BCUT2D eigenvalue weighted by Gasteiger charge is 2.08. The Balaban J connectivity index is 0.000000980. The number of ether oxygens (including phenoxy) is 1. The molecule has 0 radical (unpaired) electrons. The average Bonchev–Trinajstić information content (AvgIpc) is 2.36. The molecule has 68 valence electrons. The average molecular weight is 174 g/mol. The molecule has 1 aliphatic rings. The molecule has 0 spiro atoms. The molecule has 0 amide bonds. The van der Waals surface area contributed by atoms with Gasteiger partial charge in [-0.3, -0.25) is 0 Å². The molecule has 0 atom stereocenters. The van der Waals surface area contributed by atoms with Gasteiger partial charge < -0.3 is 4.74 Å². The molecule has 1 heterocycles. The van der Waals surface area contributed by atoms with E-state index < -0.39 is 0 Å². The van der Waals surface area contributed by atoms with E-state index in [2.05, 4.69) is 31.8 Å². The van der Waals surface area contributed by atoms with Crippen LogP contribution in [0.3, 0.4) is 0 Å². The minimum Gasteiger partial charge on any atom is -0.491 e. The van der Waals surface area contributed by atoms with Gasteiger partial charge in [0.15, 0.2) is 0 Å². The Hall–Kier alpha value is -1.42. The third-order valence-electron chi connectivity index (χ3n) is 2.40. The lowest BCUT2D eigenvalue weighted by Gasteiger charge is -2.09. The number of hydrogen-bond donors (Lipinski definition) is 0. The SMILES string of the molecule is Cc1ccc2c(c1C)C#CCCO2.[HH]. The van der Waals surface area contributed by atoms with Gasteiger partial charge in [-0.2, -0.15) is 0 Å². The summed E-state index contributed by atoms with van der Waals surface area (Å²) in [6.07, 6.45) is 0.827. The first kappa shape index (κ1) is 8.19. The van der Waals surface area contributed by atoms with Crippen LogP contribution in [-0.4, -0.2) is 6.61 Å². The zero-order chi connectivity index (χ0) is 9.26. The van der Waals surface area contributed by atoms with Crippen molar-refractivity contribution in [2.24, 2.45) is 0 Å². The maximum atomic E-state index is 5.56. The lowest BCUT2D eigenvalue weighted by atomic mass is 10.0. The molecule has 0 fully saturated rings. The Kier molecular flexibility index (Phi) is 1.98. The highest BCUT2D eigenvalue weighted by molar-refractivity contribution is 5.54. The van der Waals surface area contributed by atoms with Crippen molar-refractivity contribution in [2.75, 3.05) is 6.61 Å². The van der Waals surface area contributed by atoms with Crippen molar-refractivity contribution >= 4 is 0 Å². The lowest BCUT2D eigenvalue weighted by Crippen LogP contribution is -1.97. The molecular formula is C12H14O. The van der Waals surface area contributed by atoms with Crippen molar-refractivity contribution in [1.82, 2.24) is 0 Å². The Morgan fingerprint density at radius 2 is 2.23 bits per heavy atom. The molecule has 1 aromatic carbocycles. The Bertz CT molecular complexity index is 399. The summed E-state index contributed by atoms with van der Waals surface area (Å²) in [5.74, 6) is 7.19. The van der Waals surface area contributed by atoms with E-state index in [-0.39, 0.29) is 1.43 Å². The van der Waals surface area contributed by atoms with Crippen LogP contribution in [0.4, 0.5) is 0 Å². The first-order valence-corrected chi connectivity index (χ1v) is 4.51. The summed E-state index contributed by atoms with van der Waals surface area (Å²) in [6, 6.07) is 4.10. The molecule has 0 aromatic heterocycles. The van der Waals surface area contributed by atoms with Gasteiger partial charge in [0.25, 0.3) is 0 Å². The van der Waals surface area contributed by atoms with Crippen molar-refractivity contribution < 1.29 is 6.16 Å². The molecule has 2 rings (SSSR count). The van der Waals surface area contributed by atoms with Crippen LogP contribution in [-0.2, 0) is 0 Å². The fourth-order valence-corrected chi connectivity index (χ4v) is 1.43. The topological polar surface area (TPSA) is 9.23 Å². The second-order valence-electron chi connectivity index (χ2n) is 3.28. The van der Waals surface area contributed by atoms with E-state index in [1.165, 1.54) is 11.1 Å². The second kappa shape index (κ2) is 3.14. The van der Waals surface area contributed by atoms with Gasteiger partial charge in [0.2, 0.25) is 0 Å². The molecule has 13 heavy (non-hydrogen) atoms. The van der Waals surface area contributed by atoms with Crippen molar-refractivity contribution in [1.29, 1.82) is 0 Å². The van der Waals surface area contributed by atoms with Gasteiger partial charge in [-0.25, -0.2) is 0 Å². The predicted molar refractivity (Wildman–Crippen MR) is 55.0 cm³/mol. The molecular weight excluding hydrogens is 160 g/mol. The molecule has 1 heteroatoms. The van der Waals surface area contributed by atoms with Crippen molar-refractivity contribution in [3.8, 4) is 17.6 Å². The number of benzene rings is 1. The maximum Gasteiger partial charge on any atom is 0.135 e. The van der Waals surface area contributed by atoms with Gasteiger partial charge in [-0.15, -0.1) is 0 Å². The fraction of sp³-hybridized carbons (Fsp3) is 0.333. The van der Waals surface area contributed by atoms with Crippen molar-refractivity contribution in [2.45, 2.75) is 20.3 Å². The number of fused-ring (bicyclic) bond motifs is 1. The van der Waals surface area contributed by atoms with Crippen LogP contribution >= 0.6 is 0 Å². The van der Waals surface area contributed by atoms with Crippen LogP contribution in [0.1, 0.15) is 24.5 Å². The van der Waals surface area contributed by atoms with Gasteiger partial charge in [0.1, 0.15) is 5.75 Å². The van der Waals surface area contributed by atoms with Gasteiger partial charge >= 0.3 is 0 Å². The molecule has 0 bridgehead atoms. The highest BCUT2D eigenvalue weighted by atomic mass is 16.5. The van der Waals surface area contributed by atoms with E-state index in [1.807, 2.05) is 6.07 Å². The minimum atomic E-state index is 0. The first-order chi connectivity index (χ1) is 6.29. The van der Waals surface area contributed by atoms with Gasteiger partial charge in [-0.05, 0) is 31.0 Å². The third-order valence-corrected chi connectivity index (χ3v) is 2.40. The van der Waals surface area contributed by atoms with Crippen LogP contribution in [0.25, 0.3) is 0 Å². The van der Waals surface area contributed by atoms with E-state index in [1.54, 1.807) is 0 Å². The Labute approximate surface area is 80.2 Å². The maximum absolute atomic E-state index is 5.56. The van der Waals surface area contributed by atoms with Crippen LogP contribution in [0.5, 0.6) is 5.75 Å². The van der Waals surface area contributed by atoms with Crippen LogP contribution in [0.15, 0.2) is 12.1 Å². The molecule has 0 saturated heterocycles. The van der Waals surface area contributed by atoms with Crippen molar-refractivity contribution in [3.05, 3.63) is 28.8 Å². The molecule has 0 aliphatic carbocycles. The fourth-order valence-electron chi connectivity index (χ4n) is 1.43. The van der Waals surface area contributed by atoms with Gasteiger partial charge in [0, 0.05) is 7.85 Å². The monoisotopic (exact) mass is 174 g/mol. The third kappa shape index (κ3) is 1.40. The van der Waals surface area contributed by atoms with Crippen LogP contribution in [0, 0.1) is 25.7 Å². The summed E-state index contributed by atoms with van der Waals surface area (Å²) in [5, 5.41) is 0. The van der Waals surface area contributed by atoms with E-state index in [9.17, 15) is 0 Å². The summed E-state index contributed by atoms with van der Waals surface area (Å²) in [4.78, 5) is 0. The lowest BCUT2D eigenvalue weighted by molar-refractivity contribution is 0.328. The van der Waals surface area contributed by atoms with E-state index in [0.717, 1.165) is 17.7 Å². The van der Waals surface area contributed by atoms with Crippen molar-refractivity contribution in [3.63, 3.8) is 0 Å². The van der Waals surface area contributed by atoms with E-state index in [4.69, 9.17) is 4.74 Å². The standard InChI is InChI=1S/C12H12O.H2/c1-9-6-7-12-11(10(9)2)5-3-4-8-13-12;/h6-7H,4,8H2,1-2H3;1H. The molecule has 0 N–H and O–H groups in total. The van der Waals surface area contributed by atoms with Crippen LogP contribution < -0.4 is 4.74 Å². The summed E-state index contributed by atoms with van der Waals surface area (Å²) in [5.41, 5.74) is 3.59. The first-order valence-electron chi connectivity index (χ1n) is 4.51. The zero-order valence-corrected chi connectivity index (χ0v) is 7.98. The molecule has 0 saturated carbocycles. The molecule has 0 unspecified atom stereocenters. The van der Waals surface area contributed by atoms with Crippen LogP contribution in [0.2, 0.25) is 0 Å². The molecule has 1 nitrogen and oxygen atoms in total. The summed E-state index contributed by atoms with van der Waals surface area (Å²) >= 11 is 0. The largest absolute Gasteiger partial charge is 0.491 e. The summed E-state index contributed by atoms with van der Waals surface area (Å²) in [6.45, 7) is 4.90. The number of rotatable bonds is 0. The molecule has 1 aliphatic heterocycles. The van der Waals surface area contributed by atoms with Gasteiger partial charge in [-0.1, -0.05) is 17.9 Å². The summed E-state index contributed by atoms with van der Waals surface area (Å²) in [7, 11) is 0. The highest BCUT2D eigenvalue weighted by Crippen LogP contribution is 2.25. The van der Waals surface area contributed by atoms with E-state index in [0.29, 0.717) is 6.61 Å². The number of aryl methyl sites for hydroxylation is 1. The Morgan fingerprint density at radius 3 is 3.08 bits per heavy atom. The van der Waals surface area contributed by atoms with Gasteiger partial charge in [0.05, 0.1) is 12.2 Å². The summed E-state index contributed by atoms with van der Waals surface area (Å²) < 4.78 is 5.56. The Morgan fingerprint density at radius 1 is 1.38 bits per heavy atom. The zero-order valence-electron chi connectivity index (χ0n) is 7.98. The quantitative estimate of drug-likeness (QED) is 0.549. The molecule has 1 aromatic rings. The number of hydrogen-bond acceptors (Lipinski definition) is 1. The second-order valence-corrected chi connectivity index (χ2v) is 3.28. The van der Waals surface area contributed by atoms with E-state index >= 15 is 0 Å². The predicted octanol–water partition coefficient (Wildman–Crippen LogP) is 2.68. The smallest absolute Gasteiger partial charge is 0.135 e.